The summed E-state index contributed by atoms with van der Waals surface area (Å²) < 4.78 is 22.3. The number of nitrogens with zero attached hydrogens (tertiary/aromatic N) is 1. The van der Waals surface area contributed by atoms with Crippen molar-refractivity contribution < 1.29 is 13.3 Å². The zero-order chi connectivity index (χ0) is 8.81. The van der Waals surface area contributed by atoms with Gasteiger partial charge in [0.15, 0.2) is 0 Å². The Morgan fingerprint density at radius 3 is 2.92 bits per heavy atom. The highest BCUT2D eigenvalue weighted by molar-refractivity contribution is 7.79. The molecule has 1 rings (SSSR count). The van der Waals surface area contributed by atoms with Crippen LogP contribution in [-0.2, 0) is 17.6 Å². The molecule has 0 spiro atoms. The highest BCUT2D eigenvalue weighted by Gasteiger charge is 1.95. The number of unbranched alkanes of at least 4 members (excludes halogenated alkanes) is 1. The van der Waals surface area contributed by atoms with E-state index in [1.165, 1.54) is 0 Å². The molecule has 0 radical (unpaired) electrons. The zero-order valence-electron chi connectivity index (χ0n) is 6.73. The number of imidazole rings is 1. The van der Waals surface area contributed by atoms with Crippen LogP contribution >= 0.6 is 0 Å². The number of hydrogen-bond acceptors (Lipinski definition) is 2. The second kappa shape index (κ2) is 5.05. The lowest BCUT2D eigenvalue weighted by Gasteiger charge is -2.02. The summed E-state index contributed by atoms with van der Waals surface area (Å²) in [5.41, 5.74) is 0. The Hall–Kier alpha value is -0.680. The summed E-state index contributed by atoms with van der Waals surface area (Å²) in [4.78, 5) is 2.92. The molecule has 0 saturated heterocycles. The molecule has 1 unspecified atom stereocenters. The van der Waals surface area contributed by atoms with Crippen LogP contribution in [0.2, 0.25) is 0 Å². The van der Waals surface area contributed by atoms with Crippen molar-refractivity contribution in [1.29, 1.82) is 0 Å². The zero-order valence-corrected chi connectivity index (χ0v) is 7.55. The van der Waals surface area contributed by atoms with E-state index in [0.29, 0.717) is 0 Å². The van der Waals surface area contributed by atoms with Gasteiger partial charge in [0.05, 0.1) is 6.54 Å². The van der Waals surface area contributed by atoms with Gasteiger partial charge >= 0.3 is 0 Å². The van der Waals surface area contributed by atoms with Crippen molar-refractivity contribution in [1.82, 2.24) is 4.98 Å². The maximum absolute atomic E-state index is 10.1. The Morgan fingerprint density at radius 1 is 1.50 bits per heavy atom. The average molecular weight is 188 g/mol. The molecule has 0 aliphatic carbocycles. The van der Waals surface area contributed by atoms with Crippen molar-refractivity contribution in [3.63, 3.8) is 0 Å². The third-order valence-electron chi connectivity index (χ3n) is 1.58. The topological polar surface area (TPSA) is 59.8 Å². The number of aromatic nitrogens is 2. The van der Waals surface area contributed by atoms with E-state index >= 15 is 0 Å². The summed E-state index contributed by atoms with van der Waals surface area (Å²) in [6, 6.07) is 0. The molecule has 5 heteroatoms. The second-order valence-electron chi connectivity index (χ2n) is 2.56. The fraction of sp³-hybridized carbons (Fsp3) is 0.571. The van der Waals surface area contributed by atoms with E-state index in [2.05, 4.69) is 4.98 Å². The van der Waals surface area contributed by atoms with Gasteiger partial charge in [-0.25, -0.2) is 4.57 Å². The molecule has 0 bridgehead atoms. The van der Waals surface area contributed by atoms with Gasteiger partial charge in [-0.05, 0) is 12.8 Å². The third-order valence-corrected chi connectivity index (χ3v) is 2.20. The Morgan fingerprint density at radius 2 is 2.33 bits per heavy atom. The minimum Gasteiger partial charge on any atom is -0.772 e. The van der Waals surface area contributed by atoms with Gasteiger partial charge in [-0.1, -0.05) is 11.1 Å². The number of rotatable bonds is 5. The van der Waals surface area contributed by atoms with Crippen LogP contribution in [0.15, 0.2) is 18.7 Å². The highest BCUT2D eigenvalue weighted by Crippen LogP contribution is 1.90. The van der Waals surface area contributed by atoms with Crippen LogP contribution in [0.1, 0.15) is 12.8 Å². The summed E-state index contributed by atoms with van der Waals surface area (Å²) >= 11 is -1.88. The van der Waals surface area contributed by atoms with E-state index in [0.717, 1.165) is 19.4 Å². The molecule has 12 heavy (non-hydrogen) atoms. The summed E-state index contributed by atoms with van der Waals surface area (Å²) in [6.07, 6.45) is 7.25. The van der Waals surface area contributed by atoms with E-state index in [1.54, 1.807) is 0 Å². The molecule has 0 fully saturated rings. The monoisotopic (exact) mass is 188 g/mol. The maximum Gasteiger partial charge on any atom is 0.241 e. The minimum absolute atomic E-state index is 0.269. The molecule has 0 saturated carbocycles. The van der Waals surface area contributed by atoms with Crippen LogP contribution in [0.4, 0.5) is 0 Å². The fourth-order valence-electron chi connectivity index (χ4n) is 0.974. The highest BCUT2D eigenvalue weighted by atomic mass is 32.2. The lowest BCUT2D eigenvalue weighted by Crippen LogP contribution is -2.30. The molecule has 0 aliphatic heterocycles. The molecule has 1 atom stereocenters. The molecular formula is C7H12N2O2S. The fourth-order valence-corrected chi connectivity index (χ4v) is 1.41. The van der Waals surface area contributed by atoms with Gasteiger partial charge in [-0.15, -0.1) is 0 Å². The Kier molecular flexibility index (Phi) is 3.96. The van der Waals surface area contributed by atoms with Crippen LogP contribution in [-0.4, -0.2) is 19.5 Å². The van der Waals surface area contributed by atoms with Crippen LogP contribution in [0, 0.1) is 0 Å². The lowest BCUT2D eigenvalue weighted by molar-refractivity contribution is -0.696. The second-order valence-corrected chi connectivity index (χ2v) is 3.58. The van der Waals surface area contributed by atoms with Gasteiger partial charge in [0.2, 0.25) is 6.33 Å². The molecule has 0 aromatic carbocycles. The van der Waals surface area contributed by atoms with Crippen molar-refractivity contribution in [3.05, 3.63) is 18.7 Å². The van der Waals surface area contributed by atoms with Crippen molar-refractivity contribution in [3.8, 4) is 0 Å². The number of H-pyrrole nitrogens is 1. The standard InChI is InChI=1S/C7H12N2O2S/c10-12(11)6-2-1-4-9-5-3-8-7-9/h3,5,7H,1-2,4,6H2,(H,10,11). The predicted molar refractivity (Wildman–Crippen MR) is 44.0 cm³/mol. The van der Waals surface area contributed by atoms with E-state index < -0.39 is 11.1 Å². The Bertz CT molecular complexity index is 236. The molecule has 1 N–H and O–H groups in total. The van der Waals surface area contributed by atoms with Crippen molar-refractivity contribution in [2.75, 3.05) is 5.75 Å². The molecule has 1 aromatic heterocycles. The van der Waals surface area contributed by atoms with Gasteiger partial charge in [-0.3, -0.25) is 9.19 Å². The molecule has 1 aromatic rings. The smallest absolute Gasteiger partial charge is 0.241 e. The predicted octanol–water partition coefficient (Wildman–Crippen LogP) is -0.0385. The van der Waals surface area contributed by atoms with Crippen LogP contribution in [0.5, 0.6) is 0 Å². The number of aryl methyl sites for hydroxylation is 1. The average Bonchev–Trinajstić information content (AvgIpc) is 2.49. The van der Waals surface area contributed by atoms with Crippen LogP contribution in [0.3, 0.4) is 0 Å². The van der Waals surface area contributed by atoms with Gasteiger partial charge < -0.3 is 4.55 Å². The lowest BCUT2D eigenvalue weighted by atomic mass is 10.3. The summed E-state index contributed by atoms with van der Waals surface area (Å²) in [5, 5.41) is 0. The third kappa shape index (κ3) is 3.64. The number of aromatic amines is 1. The Labute approximate surface area is 73.9 Å². The normalized spacial score (nSPS) is 13.1. The van der Waals surface area contributed by atoms with E-state index in [-0.39, 0.29) is 5.75 Å². The number of nitrogens with one attached hydrogen (secondary N) is 1. The molecular weight excluding hydrogens is 176 g/mol. The van der Waals surface area contributed by atoms with Gasteiger partial charge in [0.1, 0.15) is 12.4 Å². The summed E-state index contributed by atoms with van der Waals surface area (Å²) in [5.74, 6) is 0.269. The summed E-state index contributed by atoms with van der Waals surface area (Å²) in [6.45, 7) is 0.876. The largest absolute Gasteiger partial charge is 0.772 e. The van der Waals surface area contributed by atoms with E-state index in [9.17, 15) is 8.76 Å². The first kappa shape index (κ1) is 9.41. The Balaban J connectivity index is 2.07. The first-order valence-corrected chi connectivity index (χ1v) is 5.11. The molecule has 4 nitrogen and oxygen atoms in total. The van der Waals surface area contributed by atoms with Gasteiger partial charge in [0.25, 0.3) is 0 Å². The first-order valence-electron chi connectivity index (χ1n) is 3.87. The SMILES string of the molecule is O=S([O-])CCCC[n+]1cc[nH]c1. The van der Waals surface area contributed by atoms with E-state index in [4.69, 9.17) is 0 Å². The molecule has 0 amide bonds. The quantitative estimate of drug-likeness (QED) is 0.400. The number of hydrogen-bond donors (Lipinski definition) is 1. The van der Waals surface area contributed by atoms with Crippen LogP contribution in [0.25, 0.3) is 0 Å². The maximum atomic E-state index is 10.1. The van der Waals surface area contributed by atoms with Crippen molar-refractivity contribution in [2.45, 2.75) is 19.4 Å². The summed E-state index contributed by atoms with van der Waals surface area (Å²) in [7, 11) is 0. The van der Waals surface area contributed by atoms with Crippen molar-refractivity contribution >= 4 is 11.1 Å². The van der Waals surface area contributed by atoms with Gasteiger partial charge in [0, 0.05) is 5.75 Å². The molecule has 0 aliphatic rings. The minimum atomic E-state index is -1.88. The molecule has 68 valence electrons. The first-order chi connectivity index (χ1) is 5.79. The van der Waals surface area contributed by atoms with Gasteiger partial charge in [-0.2, -0.15) is 0 Å². The van der Waals surface area contributed by atoms with E-state index in [1.807, 2.05) is 23.3 Å². The van der Waals surface area contributed by atoms with Crippen molar-refractivity contribution in [2.24, 2.45) is 0 Å². The molecule has 1 heterocycles. The van der Waals surface area contributed by atoms with Crippen LogP contribution < -0.4 is 4.57 Å².